The fourth-order valence-electron chi connectivity index (χ4n) is 2.68. The second-order valence-electron chi connectivity index (χ2n) is 5.87. The summed E-state index contributed by atoms with van der Waals surface area (Å²) in [7, 11) is 0. The van der Waals surface area contributed by atoms with Crippen LogP contribution in [0.1, 0.15) is 5.56 Å². The lowest BCUT2D eigenvalue weighted by Crippen LogP contribution is -2.50. The van der Waals surface area contributed by atoms with E-state index in [9.17, 15) is 14.7 Å². The Labute approximate surface area is 165 Å². The highest BCUT2D eigenvalue weighted by Gasteiger charge is 2.17. The Morgan fingerprint density at radius 3 is 2.74 bits per heavy atom. The molecule has 27 heavy (non-hydrogen) atoms. The van der Waals surface area contributed by atoms with Gasteiger partial charge in [-0.25, -0.2) is 0 Å². The number of amides is 1. The van der Waals surface area contributed by atoms with Crippen LogP contribution in [-0.2, 0) is 16.0 Å². The molecule has 0 radical (unpaired) electrons. The molecule has 6 nitrogen and oxygen atoms in total. The first-order valence-corrected chi connectivity index (χ1v) is 8.82. The molecule has 3 aromatic rings. The number of carboxylic acid groups (broad SMARTS) is 1. The van der Waals surface area contributed by atoms with Crippen LogP contribution in [0.5, 0.6) is 5.75 Å². The summed E-state index contributed by atoms with van der Waals surface area (Å²) in [5.74, 6) is -1.75. The molecule has 0 saturated carbocycles. The fraction of sp³-hybridized carbons (Fsp3) is 0.158. The Bertz CT molecular complexity index is 987. The molecule has 1 unspecified atom stereocenters. The summed E-state index contributed by atoms with van der Waals surface area (Å²) >= 11 is 11.8. The molecule has 0 aliphatic carbocycles. The molecule has 0 bridgehead atoms. The Balaban J connectivity index is 1.64. The van der Waals surface area contributed by atoms with Crippen LogP contribution in [-0.4, -0.2) is 29.5 Å². The highest BCUT2D eigenvalue weighted by atomic mass is 35.5. The number of aliphatic carboxylic acids is 1. The largest absolute Gasteiger partial charge is 0.548 e. The molecule has 1 heterocycles. The van der Waals surface area contributed by atoms with Gasteiger partial charge in [0.15, 0.2) is 6.61 Å². The monoisotopic (exact) mass is 405 g/mol. The van der Waals surface area contributed by atoms with Crippen molar-refractivity contribution < 1.29 is 19.4 Å². The zero-order valence-corrected chi connectivity index (χ0v) is 15.5. The van der Waals surface area contributed by atoms with Gasteiger partial charge in [0.2, 0.25) is 0 Å². The third kappa shape index (κ3) is 4.72. The van der Waals surface area contributed by atoms with Crippen LogP contribution in [0.4, 0.5) is 0 Å². The van der Waals surface area contributed by atoms with Crippen LogP contribution in [0.15, 0.2) is 48.7 Å². The number of carboxylic acids is 1. The first-order chi connectivity index (χ1) is 12.9. The van der Waals surface area contributed by atoms with Crippen LogP contribution in [0.25, 0.3) is 10.9 Å². The maximum atomic E-state index is 12.1. The van der Waals surface area contributed by atoms with Gasteiger partial charge in [-0.3, -0.25) is 4.79 Å². The van der Waals surface area contributed by atoms with Crippen LogP contribution >= 0.6 is 23.2 Å². The van der Waals surface area contributed by atoms with E-state index in [4.69, 9.17) is 27.9 Å². The summed E-state index contributed by atoms with van der Waals surface area (Å²) < 4.78 is 5.32. The number of halogens is 2. The van der Waals surface area contributed by atoms with E-state index < -0.39 is 24.5 Å². The number of fused-ring (bicyclic) bond motifs is 1. The van der Waals surface area contributed by atoms with Gasteiger partial charge in [-0.1, -0.05) is 41.4 Å². The molecular weight excluding hydrogens is 391 g/mol. The first kappa shape index (κ1) is 19.1. The van der Waals surface area contributed by atoms with Crippen LogP contribution in [0, 0.1) is 0 Å². The minimum Gasteiger partial charge on any atom is -0.548 e. The van der Waals surface area contributed by atoms with Gasteiger partial charge >= 0.3 is 0 Å². The maximum absolute atomic E-state index is 12.1. The van der Waals surface area contributed by atoms with Crippen molar-refractivity contribution in [2.45, 2.75) is 12.5 Å². The van der Waals surface area contributed by atoms with Gasteiger partial charge < -0.3 is 24.9 Å². The molecule has 1 aromatic heterocycles. The summed E-state index contributed by atoms with van der Waals surface area (Å²) in [4.78, 5) is 26.6. The Hall–Kier alpha value is -2.70. The lowest BCUT2D eigenvalue weighted by atomic mass is 10.1. The minimum absolute atomic E-state index is 0.0794. The third-order valence-electron chi connectivity index (χ3n) is 3.97. The third-order valence-corrected chi connectivity index (χ3v) is 4.52. The van der Waals surface area contributed by atoms with E-state index in [1.165, 1.54) is 12.1 Å². The van der Waals surface area contributed by atoms with Crippen molar-refractivity contribution >= 4 is 46.0 Å². The lowest BCUT2D eigenvalue weighted by molar-refractivity contribution is -0.308. The topological polar surface area (TPSA) is 94.2 Å². The Kier molecular flexibility index (Phi) is 5.88. The number of rotatable bonds is 7. The van der Waals surface area contributed by atoms with E-state index in [2.05, 4.69) is 10.3 Å². The fourth-order valence-corrected chi connectivity index (χ4v) is 3.01. The van der Waals surface area contributed by atoms with E-state index in [0.717, 1.165) is 16.5 Å². The molecule has 1 atom stereocenters. The average Bonchev–Trinajstić information content (AvgIpc) is 3.05. The molecule has 0 aliphatic heterocycles. The molecule has 3 rings (SSSR count). The van der Waals surface area contributed by atoms with E-state index in [0.29, 0.717) is 10.0 Å². The standard InChI is InChI=1S/C19H16Cl2N2O4/c20-12-5-6-14(21)17(8-12)27-10-18(24)23-16(19(25)26)7-11-9-22-15-4-2-1-3-13(11)15/h1-6,8-9,16,22H,7,10H2,(H,23,24)(H,25,26)/p-1. The normalized spacial score (nSPS) is 11.9. The van der Waals surface area contributed by atoms with Crippen molar-refractivity contribution in [2.24, 2.45) is 0 Å². The number of aromatic nitrogens is 1. The predicted molar refractivity (Wildman–Crippen MR) is 101 cm³/mol. The van der Waals surface area contributed by atoms with E-state index in [1.54, 1.807) is 12.3 Å². The summed E-state index contributed by atoms with van der Waals surface area (Å²) in [6, 6.07) is 10.9. The van der Waals surface area contributed by atoms with Crippen molar-refractivity contribution in [1.29, 1.82) is 0 Å². The maximum Gasteiger partial charge on any atom is 0.258 e. The molecule has 1 amide bonds. The summed E-state index contributed by atoms with van der Waals surface area (Å²) in [5.41, 5.74) is 1.65. The van der Waals surface area contributed by atoms with Gasteiger partial charge in [0.05, 0.1) is 17.0 Å². The highest BCUT2D eigenvalue weighted by Crippen LogP contribution is 2.27. The zero-order chi connectivity index (χ0) is 19.4. The predicted octanol–water partition coefficient (Wildman–Crippen LogP) is 2.33. The number of H-pyrrole nitrogens is 1. The number of para-hydroxylation sites is 1. The van der Waals surface area contributed by atoms with Crippen molar-refractivity contribution in [3.63, 3.8) is 0 Å². The van der Waals surface area contributed by atoms with Crippen molar-refractivity contribution in [1.82, 2.24) is 10.3 Å². The van der Waals surface area contributed by atoms with Crippen LogP contribution in [0.3, 0.4) is 0 Å². The lowest BCUT2D eigenvalue weighted by Gasteiger charge is -2.19. The van der Waals surface area contributed by atoms with E-state index >= 15 is 0 Å². The first-order valence-electron chi connectivity index (χ1n) is 8.07. The van der Waals surface area contributed by atoms with Gasteiger partial charge in [-0.2, -0.15) is 0 Å². The number of aromatic amines is 1. The van der Waals surface area contributed by atoms with Gasteiger partial charge in [-0.15, -0.1) is 0 Å². The molecule has 2 N–H and O–H groups in total. The van der Waals surface area contributed by atoms with Crippen molar-refractivity contribution in [2.75, 3.05) is 6.61 Å². The second kappa shape index (κ2) is 8.33. The molecule has 8 heteroatoms. The van der Waals surface area contributed by atoms with Gasteiger partial charge in [0.25, 0.3) is 5.91 Å². The quantitative estimate of drug-likeness (QED) is 0.630. The summed E-state index contributed by atoms with van der Waals surface area (Å²) in [6.45, 7) is -0.405. The van der Waals surface area contributed by atoms with E-state index in [1.807, 2.05) is 24.3 Å². The number of carbonyl (C=O) groups is 2. The number of nitrogens with one attached hydrogen (secondary N) is 2. The zero-order valence-electron chi connectivity index (χ0n) is 14.0. The smallest absolute Gasteiger partial charge is 0.258 e. The number of hydrogen-bond donors (Lipinski definition) is 2. The molecule has 0 fully saturated rings. The van der Waals surface area contributed by atoms with Gasteiger partial charge in [0.1, 0.15) is 5.75 Å². The van der Waals surface area contributed by atoms with Crippen LogP contribution in [0.2, 0.25) is 10.0 Å². The molecule has 140 valence electrons. The average molecular weight is 406 g/mol. The molecular formula is C19H15Cl2N2O4-. The minimum atomic E-state index is -1.38. The summed E-state index contributed by atoms with van der Waals surface area (Å²) in [6.07, 6.45) is 1.80. The van der Waals surface area contributed by atoms with Crippen LogP contribution < -0.4 is 15.2 Å². The number of carbonyl (C=O) groups excluding carboxylic acids is 2. The number of benzene rings is 2. The molecule has 0 saturated heterocycles. The number of hydrogen-bond acceptors (Lipinski definition) is 4. The molecule has 2 aromatic carbocycles. The Morgan fingerprint density at radius 1 is 1.19 bits per heavy atom. The van der Waals surface area contributed by atoms with Gasteiger partial charge in [-0.05, 0) is 23.8 Å². The van der Waals surface area contributed by atoms with Crippen molar-refractivity contribution in [3.05, 3.63) is 64.3 Å². The van der Waals surface area contributed by atoms with Gasteiger partial charge in [0, 0.05) is 34.6 Å². The molecule has 0 spiro atoms. The number of ether oxygens (including phenoxy) is 1. The van der Waals surface area contributed by atoms with E-state index in [-0.39, 0.29) is 12.2 Å². The summed E-state index contributed by atoms with van der Waals surface area (Å²) in [5, 5.41) is 15.4. The SMILES string of the molecule is O=C(COc1cc(Cl)ccc1Cl)NC(Cc1c[nH]c2ccccc12)C(=O)[O-]. The highest BCUT2D eigenvalue weighted by molar-refractivity contribution is 6.34. The second-order valence-corrected chi connectivity index (χ2v) is 6.71. The van der Waals surface area contributed by atoms with Crippen molar-refractivity contribution in [3.8, 4) is 5.75 Å². The Morgan fingerprint density at radius 2 is 1.96 bits per heavy atom. The molecule has 0 aliphatic rings.